The van der Waals surface area contributed by atoms with Gasteiger partial charge in [0.1, 0.15) is 16.8 Å². The van der Waals surface area contributed by atoms with Crippen LogP contribution in [0.15, 0.2) is 23.2 Å². The molecule has 0 fully saturated rings. The van der Waals surface area contributed by atoms with E-state index in [2.05, 4.69) is 50.6 Å². The Kier molecular flexibility index (Phi) is 6.33. The van der Waals surface area contributed by atoms with Crippen molar-refractivity contribution in [1.82, 2.24) is 0 Å². The number of thiophene rings is 1. The summed E-state index contributed by atoms with van der Waals surface area (Å²) < 4.78 is 0. The second-order valence-electron chi connectivity index (χ2n) is 8.78. The molecule has 0 radical (unpaired) electrons. The number of nitrogens with zero attached hydrogens (tertiary/aromatic N) is 3. The smallest absolute Gasteiger partial charge is 0.134 e. The van der Waals surface area contributed by atoms with Crippen LogP contribution < -0.4 is 4.90 Å². The average molecular weight is 410 g/mol. The zero-order valence-electron chi connectivity index (χ0n) is 18.1. The van der Waals surface area contributed by atoms with E-state index < -0.39 is 0 Å². The first-order chi connectivity index (χ1) is 13.8. The van der Waals surface area contributed by atoms with Crippen molar-refractivity contribution in [2.45, 2.75) is 53.9 Å². The minimum Gasteiger partial charge on any atom is -0.507 e. The maximum absolute atomic E-state index is 10.4. The standard InChI is InChI=1S/C24H31N3OS/c1-6-27(7-2)18-10-8-16(21(28)13-18)15-26-23-20(14-25)19-11-9-17(24(3,4)5)12-22(19)29-23/h8,10,13,15,17,28H,6-7,9,11-12H2,1-5H3/t17-/m1/s1. The number of anilines is 1. The largest absolute Gasteiger partial charge is 0.507 e. The van der Waals surface area contributed by atoms with Crippen LogP contribution in [0.1, 0.15) is 62.6 Å². The van der Waals surface area contributed by atoms with Gasteiger partial charge in [0.2, 0.25) is 0 Å². The van der Waals surface area contributed by atoms with E-state index in [4.69, 9.17) is 0 Å². The van der Waals surface area contributed by atoms with E-state index >= 15 is 0 Å². The molecule has 0 unspecified atom stereocenters. The molecule has 0 spiro atoms. The number of nitriles is 1. The minimum absolute atomic E-state index is 0.214. The van der Waals surface area contributed by atoms with Gasteiger partial charge in [-0.05, 0) is 62.1 Å². The number of fused-ring (bicyclic) bond motifs is 1. The topological polar surface area (TPSA) is 59.6 Å². The Morgan fingerprint density at radius 1 is 1.31 bits per heavy atom. The van der Waals surface area contributed by atoms with Gasteiger partial charge in [-0.3, -0.25) is 0 Å². The lowest BCUT2D eigenvalue weighted by Gasteiger charge is -2.33. The van der Waals surface area contributed by atoms with Crippen molar-refractivity contribution < 1.29 is 5.11 Å². The summed E-state index contributed by atoms with van der Waals surface area (Å²) in [5.74, 6) is 0.847. The first kappa shape index (κ1) is 21.4. The Morgan fingerprint density at radius 2 is 2.03 bits per heavy atom. The van der Waals surface area contributed by atoms with Crippen molar-refractivity contribution in [2.75, 3.05) is 18.0 Å². The highest BCUT2D eigenvalue weighted by Crippen LogP contribution is 2.45. The second-order valence-corrected chi connectivity index (χ2v) is 9.86. The van der Waals surface area contributed by atoms with Gasteiger partial charge >= 0.3 is 0 Å². The third-order valence-corrected chi connectivity index (χ3v) is 7.21. The molecular formula is C24H31N3OS. The first-order valence-electron chi connectivity index (χ1n) is 10.4. The molecule has 1 aliphatic carbocycles. The van der Waals surface area contributed by atoms with Gasteiger partial charge in [-0.25, -0.2) is 4.99 Å². The Bertz CT molecular complexity index is 942. The highest BCUT2D eigenvalue weighted by Gasteiger charge is 2.32. The van der Waals surface area contributed by atoms with Gasteiger partial charge in [0.15, 0.2) is 0 Å². The third kappa shape index (κ3) is 4.48. The molecule has 0 saturated heterocycles. The number of phenolic OH excluding ortho intramolecular Hbond substituents is 1. The summed E-state index contributed by atoms with van der Waals surface area (Å²) in [5.41, 5.74) is 3.85. The van der Waals surface area contributed by atoms with E-state index in [-0.39, 0.29) is 11.2 Å². The molecule has 1 aromatic heterocycles. The van der Waals surface area contributed by atoms with E-state index in [1.165, 1.54) is 10.4 Å². The van der Waals surface area contributed by atoms with Gasteiger partial charge in [0.25, 0.3) is 0 Å². The molecule has 1 aromatic carbocycles. The monoisotopic (exact) mass is 409 g/mol. The fourth-order valence-electron chi connectivity index (χ4n) is 4.07. The Hall–Kier alpha value is -2.32. The molecule has 0 bridgehead atoms. The lowest BCUT2D eigenvalue weighted by atomic mass is 9.72. The van der Waals surface area contributed by atoms with Crippen molar-refractivity contribution in [3.63, 3.8) is 0 Å². The Morgan fingerprint density at radius 3 is 2.62 bits per heavy atom. The van der Waals surface area contributed by atoms with Crippen molar-refractivity contribution in [2.24, 2.45) is 16.3 Å². The molecule has 1 N–H and O–H groups in total. The number of hydrogen-bond acceptors (Lipinski definition) is 5. The lowest BCUT2D eigenvalue weighted by molar-refractivity contribution is 0.218. The van der Waals surface area contributed by atoms with Crippen molar-refractivity contribution >= 4 is 28.2 Å². The van der Waals surface area contributed by atoms with Crippen LogP contribution in [-0.2, 0) is 12.8 Å². The summed E-state index contributed by atoms with van der Waals surface area (Å²) in [4.78, 5) is 8.11. The molecule has 154 valence electrons. The molecule has 1 heterocycles. The van der Waals surface area contributed by atoms with Gasteiger partial charge in [0.05, 0.1) is 5.56 Å². The van der Waals surface area contributed by atoms with E-state index in [0.717, 1.165) is 43.0 Å². The zero-order valence-corrected chi connectivity index (χ0v) is 18.9. The van der Waals surface area contributed by atoms with Crippen molar-refractivity contribution in [1.29, 1.82) is 5.26 Å². The Balaban J connectivity index is 1.87. The van der Waals surface area contributed by atoms with Crippen LogP contribution in [0.3, 0.4) is 0 Å². The van der Waals surface area contributed by atoms with Crippen LogP contribution in [0.4, 0.5) is 10.7 Å². The van der Waals surface area contributed by atoms with E-state index in [9.17, 15) is 10.4 Å². The normalized spacial score (nSPS) is 16.6. The van der Waals surface area contributed by atoms with Gasteiger partial charge in [0, 0.05) is 41.5 Å². The number of phenols is 1. The fraction of sp³-hybridized carbons (Fsp3) is 0.500. The summed E-state index contributed by atoms with van der Waals surface area (Å²) >= 11 is 1.64. The molecule has 29 heavy (non-hydrogen) atoms. The number of rotatable bonds is 5. The zero-order chi connectivity index (χ0) is 21.2. The summed E-state index contributed by atoms with van der Waals surface area (Å²) in [7, 11) is 0. The summed E-state index contributed by atoms with van der Waals surface area (Å²) in [6, 6.07) is 8.06. The third-order valence-electron chi connectivity index (χ3n) is 6.05. The molecule has 4 nitrogen and oxygen atoms in total. The van der Waals surface area contributed by atoms with Crippen molar-refractivity contribution in [3.8, 4) is 11.8 Å². The van der Waals surface area contributed by atoms with Crippen molar-refractivity contribution in [3.05, 3.63) is 39.8 Å². The molecule has 0 saturated carbocycles. The first-order valence-corrected chi connectivity index (χ1v) is 11.3. The van der Waals surface area contributed by atoms with Gasteiger partial charge in [-0.1, -0.05) is 20.8 Å². The van der Waals surface area contributed by atoms with Crippen LogP contribution in [-0.4, -0.2) is 24.4 Å². The molecule has 2 aromatic rings. The lowest BCUT2D eigenvalue weighted by Crippen LogP contribution is -2.26. The number of hydrogen-bond donors (Lipinski definition) is 1. The molecular weight excluding hydrogens is 378 g/mol. The van der Waals surface area contributed by atoms with Crippen LogP contribution in [0, 0.1) is 22.7 Å². The maximum Gasteiger partial charge on any atom is 0.134 e. The number of aromatic hydroxyl groups is 1. The molecule has 1 atom stereocenters. The van der Waals surface area contributed by atoms with Gasteiger partial charge in [-0.15, -0.1) is 11.3 Å². The molecule has 5 heteroatoms. The highest BCUT2D eigenvalue weighted by molar-refractivity contribution is 7.16. The van der Waals surface area contributed by atoms with Crippen LogP contribution in [0.5, 0.6) is 5.75 Å². The summed E-state index contributed by atoms with van der Waals surface area (Å²) in [6.07, 6.45) is 4.78. The van der Waals surface area contributed by atoms with E-state index in [0.29, 0.717) is 17.0 Å². The summed E-state index contributed by atoms with van der Waals surface area (Å²) in [5, 5.41) is 20.9. The van der Waals surface area contributed by atoms with Gasteiger partial charge in [-0.2, -0.15) is 5.26 Å². The molecule has 0 aliphatic heterocycles. The molecule has 1 aliphatic rings. The van der Waals surface area contributed by atoms with E-state index in [1.54, 1.807) is 23.6 Å². The SMILES string of the molecule is CCN(CC)c1ccc(C=Nc2sc3c(c2C#N)CC[C@@H](C(C)(C)C)C3)c(O)c1. The molecule has 0 amide bonds. The predicted octanol–water partition coefficient (Wildman–Crippen LogP) is 6.07. The summed E-state index contributed by atoms with van der Waals surface area (Å²) in [6.45, 7) is 12.9. The maximum atomic E-state index is 10.4. The number of benzene rings is 1. The highest BCUT2D eigenvalue weighted by atomic mass is 32.1. The van der Waals surface area contributed by atoms with Crippen LogP contribution in [0.25, 0.3) is 0 Å². The predicted molar refractivity (Wildman–Crippen MR) is 123 cm³/mol. The van der Waals surface area contributed by atoms with Gasteiger partial charge < -0.3 is 10.0 Å². The average Bonchev–Trinajstić information content (AvgIpc) is 3.04. The number of aliphatic imine (C=N–C) groups is 1. The quantitative estimate of drug-likeness (QED) is 0.609. The Labute approximate surface area is 178 Å². The second kappa shape index (κ2) is 8.59. The van der Waals surface area contributed by atoms with E-state index in [1.807, 2.05) is 12.1 Å². The van der Waals surface area contributed by atoms with Crippen LogP contribution in [0.2, 0.25) is 0 Å². The molecule has 3 rings (SSSR count). The fourth-order valence-corrected chi connectivity index (χ4v) is 5.29. The van der Waals surface area contributed by atoms with Crippen LogP contribution >= 0.6 is 11.3 Å². The minimum atomic E-state index is 0.214.